The lowest BCUT2D eigenvalue weighted by Crippen LogP contribution is -2.40. The van der Waals surface area contributed by atoms with Gasteiger partial charge in [0.15, 0.2) is 5.96 Å². The molecule has 1 aromatic rings. The first-order valence-electron chi connectivity index (χ1n) is 6.13. The number of benzene rings is 1. The molecule has 0 saturated heterocycles. The minimum atomic E-state index is -0.0570. The number of nitrogens with one attached hydrogen (secondary N) is 3. The van der Waals surface area contributed by atoms with Gasteiger partial charge in [0, 0.05) is 32.2 Å². The Morgan fingerprint density at radius 2 is 2.39 bits per heavy atom. The van der Waals surface area contributed by atoms with E-state index in [9.17, 15) is 4.79 Å². The maximum Gasteiger partial charge on any atom is 0.221 e. The average Bonchev–Trinajstić information content (AvgIpc) is 2.37. The van der Waals surface area contributed by atoms with E-state index >= 15 is 0 Å². The molecule has 2 rings (SSSR count). The molecule has 0 bridgehead atoms. The zero-order valence-corrected chi connectivity index (χ0v) is 10.5. The van der Waals surface area contributed by atoms with E-state index in [0.717, 1.165) is 36.7 Å². The van der Waals surface area contributed by atoms with Crippen LogP contribution < -0.4 is 16.0 Å². The van der Waals surface area contributed by atoms with E-state index < -0.39 is 0 Å². The molecule has 0 radical (unpaired) electrons. The molecule has 0 unspecified atom stereocenters. The number of amides is 1. The van der Waals surface area contributed by atoms with Crippen LogP contribution in [0.1, 0.15) is 18.9 Å². The summed E-state index contributed by atoms with van der Waals surface area (Å²) in [7, 11) is 0. The number of hydrogen-bond donors (Lipinski definition) is 3. The maximum absolute atomic E-state index is 11.0. The molecule has 3 N–H and O–H groups in total. The van der Waals surface area contributed by atoms with Gasteiger partial charge >= 0.3 is 0 Å². The highest BCUT2D eigenvalue weighted by atomic mass is 16.1. The van der Waals surface area contributed by atoms with Crippen LogP contribution in [-0.2, 0) is 11.3 Å². The van der Waals surface area contributed by atoms with Crippen LogP contribution >= 0.6 is 0 Å². The molecule has 1 aliphatic rings. The first-order chi connectivity index (χ1) is 8.74. The Hall–Kier alpha value is -2.04. The molecule has 1 aromatic carbocycles. The second-order valence-electron chi connectivity index (χ2n) is 4.25. The van der Waals surface area contributed by atoms with Crippen LogP contribution in [0.2, 0.25) is 0 Å². The van der Waals surface area contributed by atoms with Crippen molar-refractivity contribution in [1.29, 1.82) is 0 Å². The maximum atomic E-state index is 11.0. The normalized spacial score (nSPS) is 14.4. The molecule has 0 fully saturated rings. The first-order valence-corrected chi connectivity index (χ1v) is 6.13. The minimum Gasteiger partial charge on any atom is -0.356 e. The largest absolute Gasteiger partial charge is 0.356 e. The fraction of sp³-hybridized carbons (Fsp3) is 0.385. The number of nitrogens with zero attached hydrogens (tertiary/aromatic N) is 1. The Kier molecular flexibility index (Phi) is 4.17. The molecule has 1 aliphatic heterocycles. The monoisotopic (exact) mass is 246 g/mol. The molecule has 0 aliphatic carbocycles. The summed E-state index contributed by atoms with van der Waals surface area (Å²) in [6.07, 6.45) is 1.09. The van der Waals surface area contributed by atoms with Crippen molar-refractivity contribution < 1.29 is 4.79 Å². The molecule has 0 spiro atoms. The summed E-state index contributed by atoms with van der Waals surface area (Å²) in [5.74, 6) is 0.796. The van der Waals surface area contributed by atoms with Crippen molar-refractivity contribution in [3.63, 3.8) is 0 Å². The van der Waals surface area contributed by atoms with E-state index in [1.807, 2.05) is 24.3 Å². The summed E-state index contributed by atoms with van der Waals surface area (Å²) < 4.78 is 0. The van der Waals surface area contributed by atoms with Gasteiger partial charge in [0.25, 0.3) is 0 Å². The highest BCUT2D eigenvalue weighted by Crippen LogP contribution is 2.10. The fourth-order valence-electron chi connectivity index (χ4n) is 1.80. The predicted octanol–water partition coefficient (Wildman–Crippen LogP) is 1.08. The van der Waals surface area contributed by atoms with E-state index in [2.05, 4.69) is 20.9 Å². The third-order valence-corrected chi connectivity index (χ3v) is 2.60. The van der Waals surface area contributed by atoms with E-state index in [0.29, 0.717) is 6.54 Å². The van der Waals surface area contributed by atoms with Crippen LogP contribution in [0.3, 0.4) is 0 Å². The van der Waals surface area contributed by atoms with Gasteiger partial charge in [-0.05, 0) is 24.1 Å². The van der Waals surface area contributed by atoms with E-state index in [1.54, 1.807) is 0 Å². The van der Waals surface area contributed by atoms with Crippen LogP contribution in [0.15, 0.2) is 29.3 Å². The zero-order chi connectivity index (χ0) is 12.8. The molecule has 1 amide bonds. The average molecular weight is 246 g/mol. The molecule has 1 heterocycles. The van der Waals surface area contributed by atoms with Gasteiger partial charge in [-0.2, -0.15) is 0 Å². The van der Waals surface area contributed by atoms with Crippen LogP contribution in [0.4, 0.5) is 5.69 Å². The summed E-state index contributed by atoms with van der Waals surface area (Å²) in [5.41, 5.74) is 1.93. The number of aliphatic imine (C=N–C) groups is 1. The lowest BCUT2D eigenvalue weighted by Gasteiger charge is -2.16. The summed E-state index contributed by atoms with van der Waals surface area (Å²) in [6, 6.07) is 7.78. The number of rotatable bonds is 3. The molecule has 5 nitrogen and oxygen atoms in total. The number of hydrogen-bond acceptors (Lipinski definition) is 4. The van der Waals surface area contributed by atoms with Gasteiger partial charge in [-0.25, -0.2) is 0 Å². The first kappa shape index (κ1) is 12.4. The molecule has 5 heteroatoms. The summed E-state index contributed by atoms with van der Waals surface area (Å²) in [6.45, 7) is 4.05. The number of carbonyl (C=O) groups is 1. The van der Waals surface area contributed by atoms with Gasteiger partial charge in [-0.15, -0.1) is 0 Å². The second-order valence-corrected chi connectivity index (χ2v) is 4.25. The van der Waals surface area contributed by atoms with Crippen molar-refractivity contribution in [3.8, 4) is 0 Å². The Morgan fingerprint density at radius 3 is 3.11 bits per heavy atom. The topological polar surface area (TPSA) is 65.5 Å². The summed E-state index contributed by atoms with van der Waals surface area (Å²) in [5, 5.41) is 9.22. The molecule has 96 valence electrons. The van der Waals surface area contributed by atoms with Crippen molar-refractivity contribution in [1.82, 2.24) is 10.6 Å². The quantitative estimate of drug-likeness (QED) is 0.748. The van der Waals surface area contributed by atoms with Gasteiger partial charge in [0.05, 0.1) is 0 Å². The smallest absolute Gasteiger partial charge is 0.221 e. The second kappa shape index (κ2) is 6.05. The highest BCUT2D eigenvalue weighted by Gasteiger charge is 2.03. The summed E-state index contributed by atoms with van der Waals surface area (Å²) in [4.78, 5) is 15.3. The van der Waals surface area contributed by atoms with Gasteiger partial charge in [-0.3, -0.25) is 9.79 Å². The van der Waals surface area contributed by atoms with Crippen molar-refractivity contribution in [2.24, 2.45) is 4.99 Å². The zero-order valence-electron chi connectivity index (χ0n) is 10.5. The Morgan fingerprint density at radius 1 is 1.50 bits per heavy atom. The number of guanidine groups is 1. The lowest BCUT2D eigenvalue weighted by atomic mass is 10.2. The number of carbonyl (C=O) groups excluding carboxylic acids is 1. The Labute approximate surface area is 107 Å². The lowest BCUT2D eigenvalue weighted by molar-refractivity contribution is -0.114. The van der Waals surface area contributed by atoms with Crippen molar-refractivity contribution in [2.75, 3.05) is 18.4 Å². The molecule has 0 atom stereocenters. The molecule has 18 heavy (non-hydrogen) atoms. The van der Waals surface area contributed by atoms with Crippen molar-refractivity contribution in [2.45, 2.75) is 19.9 Å². The van der Waals surface area contributed by atoms with Gasteiger partial charge in [0.2, 0.25) is 5.91 Å². The van der Waals surface area contributed by atoms with Crippen molar-refractivity contribution in [3.05, 3.63) is 29.8 Å². The van der Waals surface area contributed by atoms with Crippen LogP contribution in [-0.4, -0.2) is 25.0 Å². The standard InChI is InChI=1S/C13H18N4O/c1-10(18)17-12-5-2-4-11(8-12)9-16-13-14-6-3-7-15-13/h2,4-5,8H,3,6-7,9H2,1H3,(H,17,18)(H2,14,15,16). The van der Waals surface area contributed by atoms with Crippen LogP contribution in [0.25, 0.3) is 0 Å². The molecular weight excluding hydrogens is 228 g/mol. The van der Waals surface area contributed by atoms with E-state index in [4.69, 9.17) is 0 Å². The molecular formula is C13H18N4O. The van der Waals surface area contributed by atoms with Crippen LogP contribution in [0.5, 0.6) is 0 Å². The Balaban J connectivity index is 1.92. The minimum absolute atomic E-state index is 0.0570. The fourth-order valence-corrected chi connectivity index (χ4v) is 1.80. The van der Waals surface area contributed by atoms with E-state index in [1.165, 1.54) is 6.92 Å². The molecule has 0 aromatic heterocycles. The van der Waals surface area contributed by atoms with Crippen LogP contribution in [0, 0.1) is 0 Å². The van der Waals surface area contributed by atoms with E-state index in [-0.39, 0.29) is 5.91 Å². The Bertz CT molecular complexity index is 456. The third kappa shape index (κ3) is 3.76. The van der Waals surface area contributed by atoms with Gasteiger partial charge < -0.3 is 16.0 Å². The highest BCUT2D eigenvalue weighted by molar-refractivity contribution is 5.88. The van der Waals surface area contributed by atoms with Gasteiger partial charge in [0.1, 0.15) is 0 Å². The summed E-state index contributed by atoms with van der Waals surface area (Å²) >= 11 is 0. The third-order valence-electron chi connectivity index (χ3n) is 2.60. The number of anilines is 1. The molecule has 0 saturated carbocycles. The predicted molar refractivity (Wildman–Crippen MR) is 72.5 cm³/mol. The van der Waals surface area contributed by atoms with Crippen molar-refractivity contribution >= 4 is 17.6 Å². The van der Waals surface area contributed by atoms with Gasteiger partial charge in [-0.1, -0.05) is 12.1 Å². The SMILES string of the molecule is CC(=O)Nc1cccc(CNC2=NCCCN2)c1.